The van der Waals surface area contributed by atoms with Gasteiger partial charge >= 0.3 is 5.97 Å². The number of carbonyl (C=O) groups is 2. The Balaban J connectivity index is 2.02. The van der Waals surface area contributed by atoms with Gasteiger partial charge in [-0.25, -0.2) is 0 Å². The molecule has 1 unspecified atom stereocenters. The number of carboxylic acid groups (broad SMARTS) is 1. The summed E-state index contributed by atoms with van der Waals surface area (Å²) in [6.45, 7) is 1.43. The molecule has 2 fully saturated rings. The summed E-state index contributed by atoms with van der Waals surface area (Å²) in [5.41, 5.74) is 5.33. The van der Waals surface area contributed by atoms with Crippen molar-refractivity contribution in [3.63, 3.8) is 0 Å². The van der Waals surface area contributed by atoms with Gasteiger partial charge in [-0.3, -0.25) is 9.59 Å². The van der Waals surface area contributed by atoms with Gasteiger partial charge < -0.3 is 15.7 Å². The molecule has 0 aromatic heterocycles. The average molecular weight is 240 g/mol. The zero-order valence-electron chi connectivity index (χ0n) is 10.0. The van der Waals surface area contributed by atoms with Gasteiger partial charge in [-0.1, -0.05) is 6.42 Å². The Bertz CT molecular complexity index is 320. The molecule has 1 heterocycles. The molecule has 1 aliphatic heterocycles. The van der Waals surface area contributed by atoms with Crippen molar-refractivity contribution in [2.75, 3.05) is 19.6 Å². The third-order valence-corrected chi connectivity index (χ3v) is 4.21. The summed E-state index contributed by atoms with van der Waals surface area (Å²) in [6.07, 6.45) is 4.23. The summed E-state index contributed by atoms with van der Waals surface area (Å²) in [5.74, 6) is -1.11. The molecule has 1 saturated carbocycles. The molecule has 0 bridgehead atoms. The van der Waals surface area contributed by atoms with Crippen molar-refractivity contribution in [2.24, 2.45) is 17.1 Å². The summed E-state index contributed by atoms with van der Waals surface area (Å²) in [4.78, 5) is 25.0. The van der Waals surface area contributed by atoms with Crippen LogP contribution in [-0.2, 0) is 9.59 Å². The Kier molecular flexibility index (Phi) is 3.38. The van der Waals surface area contributed by atoms with Gasteiger partial charge in [0.2, 0.25) is 5.91 Å². The van der Waals surface area contributed by atoms with Crippen LogP contribution in [0.4, 0.5) is 0 Å². The Morgan fingerprint density at radius 2 is 2.06 bits per heavy atom. The van der Waals surface area contributed by atoms with Crippen LogP contribution in [0.15, 0.2) is 0 Å². The van der Waals surface area contributed by atoms with Gasteiger partial charge in [0.15, 0.2) is 0 Å². The van der Waals surface area contributed by atoms with Gasteiger partial charge in [0.05, 0.1) is 11.3 Å². The van der Waals surface area contributed by atoms with Crippen molar-refractivity contribution in [3.05, 3.63) is 0 Å². The molecule has 0 spiro atoms. The van der Waals surface area contributed by atoms with Crippen molar-refractivity contribution in [2.45, 2.75) is 32.1 Å². The maximum absolute atomic E-state index is 12.4. The van der Waals surface area contributed by atoms with Gasteiger partial charge in [-0.15, -0.1) is 0 Å². The SMILES string of the molecule is NCC1(C(=O)N2CCCC(C(=O)O)C2)CCC1. The number of likely N-dealkylation sites (tertiary alicyclic amines) is 1. The molecule has 5 heteroatoms. The summed E-state index contributed by atoms with van der Waals surface area (Å²) in [6, 6.07) is 0. The lowest BCUT2D eigenvalue weighted by atomic mass is 9.67. The van der Waals surface area contributed by atoms with E-state index in [1.54, 1.807) is 4.90 Å². The minimum absolute atomic E-state index is 0.0807. The van der Waals surface area contributed by atoms with Crippen molar-refractivity contribution >= 4 is 11.9 Å². The number of aliphatic carboxylic acids is 1. The third kappa shape index (κ3) is 2.16. The number of carbonyl (C=O) groups excluding carboxylic acids is 1. The maximum Gasteiger partial charge on any atom is 0.308 e. The molecule has 1 atom stereocenters. The fraction of sp³-hybridized carbons (Fsp3) is 0.833. The minimum Gasteiger partial charge on any atom is -0.481 e. The third-order valence-electron chi connectivity index (χ3n) is 4.21. The first-order valence-electron chi connectivity index (χ1n) is 6.31. The highest BCUT2D eigenvalue weighted by molar-refractivity contribution is 5.84. The monoisotopic (exact) mass is 240 g/mol. The van der Waals surface area contributed by atoms with Gasteiger partial charge in [-0.2, -0.15) is 0 Å². The molecular weight excluding hydrogens is 220 g/mol. The highest BCUT2D eigenvalue weighted by Gasteiger charge is 2.46. The first-order valence-corrected chi connectivity index (χ1v) is 6.31. The van der Waals surface area contributed by atoms with Crippen LogP contribution >= 0.6 is 0 Å². The number of nitrogens with zero attached hydrogens (tertiary/aromatic N) is 1. The number of amides is 1. The van der Waals surface area contributed by atoms with Crippen molar-refractivity contribution in [1.29, 1.82) is 0 Å². The van der Waals surface area contributed by atoms with Gasteiger partial charge in [-0.05, 0) is 25.7 Å². The normalized spacial score (nSPS) is 27.4. The molecule has 1 amide bonds. The lowest BCUT2D eigenvalue weighted by molar-refractivity contribution is -0.152. The Hall–Kier alpha value is -1.10. The second-order valence-corrected chi connectivity index (χ2v) is 5.27. The first-order chi connectivity index (χ1) is 8.09. The van der Waals surface area contributed by atoms with Crippen LogP contribution < -0.4 is 5.73 Å². The molecular formula is C12H20N2O3. The highest BCUT2D eigenvalue weighted by Crippen LogP contribution is 2.42. The van der Waals surface area contributed by atoms with E-state index in [1.165, 1.54) is 0 Å². The lowest BCUT2D eigenvalue weighted by Gasteiger charge is -2.44. The average Bonchev–Trinajstić information content (AvgIpc) is 2.28. The predicted molar refractivity (Wildman–Crippen MR) is 62.3 cm³/mol. The summed E-state index contributed by atoms with van der Waals surface area (Å²) < 4.78 is 0. The quantitative estimate of drug-likeness (QED) is 0.749. The predicted octanol–water partition coefficient (Wildman–Crippen LogP) is 0.439. The van der Waals surface area contributed by atoms with Crippen LogP contribution in [0.1, 0.15) is 32.1 Å². The highest BCUT2D eigenvalue weighted by atomic mass is 16.4. The fourth-order valence-corrected chi connectivity index (χ4v) is 2.81. The van der Waals surface area contributed by atoms with Gasteiger partial charge in [0.25, 0.3) is 0 Å². The molecule has 0 aromatic carbocycles. The summed E-state index contributed by atoms with van der Waals surface area (Å²) in [7, 11) is 0. The smallest absolute Gasteiger partial charge is 0.308 e. The van der Waals surface area contributed by atoms with E-state index in [9.17, 15) is 9.59 Å². The number of carboxylic acids is 1. The van der Waals surface area contributed by atoms with E-state index in [4.69, 9.17) is 10.8 Å². The number of nitrogens with two attached hydrogens (primary N) is 1. The fourth-order valence-electron chi connectivity index (χ4n) is 2.81. The number of hydrogen-bond donors (Lipinski definition) is 2. The molecule has 2 rings (SSSR count). The van der Waals surface area contributed by atoms with E-state index in [0.717, 1.165) is 25.7 Å². The van der Waals surface area contributed by atoms with E-state index < -0.39 is 11.9 Å². The van der Waals surface area contributed by atoms with E-state index in [1.807, 2.05) is 0 Å². The Morgan fingerprint density at radius 1 is 1.35 bits per heavy atom. The standard InChI is InChI=1S/C12H20N2O3/c13-8-12(4-2-5-12)11(17)14-6-1-3-9(7-14)10(15)16/h9H,1-8,13H2,(H,15,16). The molecule has 17 heavy (non-hydrogen) atoms. The molecule has 3 N–H and O–H groups in total. The van der Waals surface area contributed by atoms with E-state index >= 15 is 0 Å². The zero-order valence-corrected chi connectivity index (χ0v) is 10.0. The first kappa shape index (κ1) is 12.4. The molecule has 96 valence electrons. The molecule has 0 radical (unpaired) electrons. The number of piperidine rings is 1. The molecule has 0 aromatic rings. The number of hydrogen-bond acceptors (Lipinski definition) is 3. The molecule has 1 aliphatic carbocycles. The van der Waals surface area contributed by atoms with Crippen LogP contribution in [0.3, 0.4) is 0 Å². The van der Waals surface area contributed by atoms with Gasteiger partial charge in [0.1, 0.15) is 0 Å². The van der Waals surface area contributed by atoms with Crippen LogP contribution in [0, 0.1) is 11.3 Å². The Labute approximate surface area is 101 Å². The lowest BCUT2D eigenvalue weighted by Crippen LogP contribution is -2.54. The second kappa shape index (κ2) is 4.64. The molecule has 2 aliphatic rings. The van der Waals surface area contributed by atoms with E-state index in [2.05, 4.69) is 0 Å². The van der Waals surface area contributed by atoms with Gasteiger partial charge in [0, 0.05) is 19.6 Å². The molecule has 5 nitrogen and oxygen atoms in total. The van der Waals surface area contributed by atoms with Crippen LogP contribution in [-0.4, -0.2) is 41.5 Å². The second-order valence-electron chi connectivity index (χ2n) is 5.27. The van der Waals surface area contributed by atoms with Crippen LogP contribution in [0.5, 0.6) is 0 Å². The van der Waals surface area contributed by atoms with Crippen molar-refractivity contribution in [1.82, 2.24) is 4.90 Å². The Morgan fingerprint density at radius 3 is 2.53 bits per heavy atom. The van der Waals surface area contributed by atoms with Crippen LogP contribution in [0.2, 0.25) is 0 Å². The van der Waals surface area contributed by atoms with E-state index in [-0.39, 0.29) is 11.3 Å². The largest absolute Gasteiger partial charge is 0.481 e. The maximum atomic E-state index is 12.4. The molecule has 1 saturated heterocycles. The van der Waals surface area contributed by atoms with Crippen LogP contribution in [0.25, 0.3) is 0 Å². The minimum atomic E-state index is -0.794. The van der Waals surface area contributed by atoms with E-state index in [0.29, 0.717) is 26.1 Å². The summed E-state index contributed by atoms with van der Waals surface area (Å²) >= 11 is 0. The number of rotatable bonds is 3. The van der Waals surface area contributed by atoms with Crippen molar-refractivity contribution in [3.8, 4) is 0 Å². The zero-order chi connectivity index (χ0) is 12.5. The topological polar surface area (TPSA) is 83.6 Å². The summed E-state index contributed by atoms with van der Waals surface area (Å²) in [5, 5.41) is 9.01. The van der Waals surface area contributed by atoms with Crippen molar-refractivity contribution < 1.29 is 14.7 Å².